The number of carbonyl (C=O) groups is 1. The number of rotatable bonds is 8. The van der Waals surface area contributed by atoms with Crippen LogP contribution in [0.15, 0.2) is 36.5 Å². The van der Waals surface area contributed by atoms with Crippen molar-refractivity contribution in [1.82, 2.24) is 19.4 Å². The van der Waals surface area contributed by atoms with Crippen molar-refractivity contribution < 1.29 is 14.3 Å². The van der Waals surface area contributed by atoms with Gasteiger partial charge in [0, 0.05) is 24.3 Å². The highest BCUT2D eigenvalue weighted by Gasteiger charge is 2.26. The summed E-state index contributed by atoms with van der Waals surface area (Å²) in [6.45, 7) is 3.55. The van der Waals surface area contributed by atoms with E-state index >= 15 is 0 Å². The van der Waals surface area contributed by atoms with Crippen molar-refractivity contribution in [2.75, 3.05) is 13.3 Å². The van der Waals surface area contributed by atoms with Crippen LogP contribution in [0.25, 0.3) is 11.2 Å². The molecule has 3 aromatic rings. The van der Waals surface area contributed by atoms with Crippen molar-refractivity contribution in [2.24, 2.45) is 0 Å². The first-order chi connectivity index (χ1) is 15.7. The third-order valence-electron chi connectivity index (χ3n) is 6.48. The molecule has 2 aromatic heterocycles. The lowest BCUT2D eigenvalue weighted by Crippen LogP contribution is -2.33. The van der Waals surface area contributed by atoms with Crippen molar-refractivity contribution in [3.8, 4) is 11.5 Å². The van der Waals surface area contributed by atoms with Gasteiger partial charge in [-0.2, -0.15) is 0 Å². The molecular weight excluding hydrogens is 404 g/mol. The predicted octanol–water partition coefficient (Wildman–Crippen LogP) is 5.11. The first-order valence-electron chi connectivity index (χ1n) is 11.8. The number of carbonyl (C=O) groups excluding carboxylic acids is 1. The minimum Gasteiger partial charge on any atom is -0.454 e. The fourth-order valence-corrected chi connectivity index (χ4v) is 4.82. The summed E-state index contributed by atoms with van der Waals surface area (Å²) in [5.41, 5.74) is 2.45. The Morgan fingerprint density at radius 2 is 2.00 bits per heavy atom. The lowest BCUT2D eigenvalue weighted by Gasteiger charge is -2.24. The second-order valence-corrected chi connectivity index (χ2v) is 8.68. The van der Waals surface area contributed by atoms with Crippen LogP contribution in [0.4, 0.5) is 0 Å². The van der Waals surface area contributed by atoms with E-state index in [1.54, 1.807) is 6.07 Å². The zero-order valence-corrected chi connectivity index (χ0v) is 18.6. The van der Waals surface area contributed by atoms with Crippen LogP contribution >= 0.6 is 0 Å². The fraction of sp³-hybridized carbons (Fsp3) is 0.480. The fourth-order valence-electron chi connectivity index (χ4n) is 4.82. The molecule has 0 atom stereocenters. The summed E-state index contributed by atoms with van der Waals surface area (Å²) in [5, 5.41) is 0. The molecule has 5 rings (SSSR count). The maximum atomic E-state index is 13.6. The van der Waals surface area contributed by atoms with Crippen molar-refractivity contribution in [2.45, 2.75) is 64.5 Å². The topological polar surface area (TPSA) is 69.5 Å². The molecule has 0 saturated heterocycles. The molecule has 1 aromatic carbocycles. The molecule has 0 bridgehead atoms. The Hall–Kier alpha value is -3.09. The van der Waals surface area contributed by atoms with Gasteiger partial charge in [-0.05, 0) is 49.6 Å². The van der Waals surface area contributed by atoms with Crippen molar-refractivity contribution >= 4 is 17.1 Å². The summed E-state index contributed by atoms with van der Waals surface area (Å²) in [4.78, 5) is 25.1. The van der Waals surface area contributed by atoms with Crippen molar-refractivity contribution in [3.63, 3.8) is 0 Å². The second-order valence-electron chi connectivity index (χ2n) is 8.68. The van der Waals surface area contributed by atoms with Gasteiger partial charge in [-0.15, -0.1) is 0 Å². The van der Waals surface area contributed by atoms with Crippen LogP contribution in [0.1, 0.15) is 74.1 Å². The third kappa shape index (κ3) is 4.04. The molecule has 2 aliphatic rings. The number of imidazole rings is 1. The van der Waals surface area contributed by atoms with Crippen LogP contribution in [0.5, 0.6) is 11.5 Å². The molecule has 3 heterocycles. The number of nitrogens with zero attached hydrogens (tertiary/aromatic N) is 4. The number of aromatic nitrogens is 3. The number of unbranched alkanes of at least 4 members (excludes halogenated alkanes) is 2. The highest BCUT2D eigenvalue weighted by Crippen LogP contribution is 2.35. The molecular formula is C25H30N4O3. The predicted molar refractivity (Wildman–Crippen MR) is 122 cm³/mol. The van der Waals surface area contributed by atoms with E-state index in [1.165, 1.54) is 12.8 Å². The monoisotopic (exact) mass is 434 g/mol. The van der Waals surface area contributed by atoms with Crippen LogP contribution in [0, 0.1) is 0 Å². The first-order valence-corrected chi connectivity index (χ1v) is 11.8. The largest absolute Gasteiger partial charge is 0.454 e. The average molecular weight is 435 g/mol. The number of pyridine rings is 1. The number of fused-ring (bicyclic) bond motifs is 2. The summed E-state index contributed by atoms with van der Waals surface area (Å²) >= 11 is 0. The molecule has 1 fully saturated rings. The Kier molecular flexibility index (Phi) is 5.97. The smallest absolute Gasteiger partial charge is 0.254 e. The van der Waals surface area contributed by atoms with Crippen LogP contribution < -0.4 is 9.47 Å². The van der Waals surface area contributed by atoms with E-state index in [1.807, 2.05) is 35.4 Å². The van der Waals surface area contributed by atoms with Crippen molar-refractivity contribution in [3.05, 3.63) is 47.9 Å². The number of hydrogen-bond acceptors (Lipinski definition) is 5. The summed E-state index contributed by atoms with van der Waals surface area (Å²) < 4.78 is 13.2. The molecule has 0 spiro atoms. The first kappa shape index (κ1) is 20.8. The highest BCUT2D eigenvalue weighted by atomic mass is 16.7. The van der Waals surface area contributed by atoms with E-state index in [2.05, 4.69) is 16.5 Å². The molecule has 7 nitrogen and oxygen atoms in total. The molecule has 168 valence electrons. The van der Waals surface area contributed by atoms with Gasteiger partial charge in [-0.3, -0.25) is 4.79 Å². The maximum absolute atomic E-state index is 13.6. The molecule has 1 aliphatic heterocycles. The molecule has 32 heavy (non-hydrogen) atoms. The maximum Gasteiger partial charge on any atom is 0.254 e. The molecule has 0 N–H and O–H groups in total. The molecule has 1 aliphatic carbocycles. The zero-order chi connectivity index (χ0) is 21.9. The van der Waals surface area contributed by atoms with Crippen LogP contribution in [-0.4, -0.2) is 38.7 Å². The molecule has 7 heteroatoms. The van der Waals surface area contributed by atoms with Gasteiger partial charge >= 0.3 is 0 Å². The van der Waals surface area contributed by atoms with Gasteiger partial charge in [-0.1, -0.05) is 32.6 Å². The van der Waals surface area contributed by atoms with Gasteiger partial charge in [0.15, 0.2) is 17.1 Å². The van der Waals surface area contributed by atoms with Gasteiger partial charge < -0.3 is 18.9 Å². The number of hydrogen-bond donors (Lipinski definition) is 0. The minimum atomic E-state index is -0.00242. The number of amides is 1. The molecule has 1 saturated carbocycles. The SMILES string of the molecule is CCCCCN(Cc1nc2cccnc2n1C1CCCC1)C(=O)c1ccc2c(c1)OCO2. The van der Waals surface area contributed by atoms with Gasteiger partial charge in [0.2, 0.25) is 6.79 Å². The Morgan fingerprint density at radius 3 is 2.84 bits per heavy atom. The van der Waals surface area contributed by atoms with Gasteiger partial charge in [0.1, 0.15) is 11.3 Å². The van der Waals surface area contributed by atoms with Gasteiger partial charge in [0.05, 0.1) is 6.54 Å². The van der Waals surface area contributed by atoms with E-state index in [4.69, 9.17) is 14.5 Å². The molecule has 0 unspecified atom stereocenters. The Bertz CT molecular complexity index is 1100. The minimum absolute atomic E-state index is 0.00242. The zero-order valence-electron chi connectivity index (χ0n) is 18.6. The van der Waals surface area contributed by atoms with E-state index < -0.39 is 0 Å². The molecule has 1 amide bonds. The third-order valence-corrected chi connectivity index (χ3v) is 6.48. The summed E-state index contributed by atoms with van der Waals surface area (Å²) in [5.74, 6) is 2.24. The van der Waals surface area contributed by atoms with E-state index in [0.717, 1.165) is 49.1 Å². The van der Waals surface area contributed by atoms with Crippen LogP contribution in [0.3, 0.4) is 0 Å². The number of benzene rings is 1. The van der Waals surface area contributed by atoms with Crippen molar-refractivity contribution in [1.29, 1.82) is 0 Å². The molecule has 0 radical (unpaired) electrons. The van der Waals surface area contributed by atoms with Gasteiger partial charge in [-0.25, -0.2) is 9.97 Å². The van der Waals surface area contributed by atoms with E-state index in [9.17, 15) is 4.79 Å². The van der Waals surface area contributed by atoms with Crippen LogP contribution in [0.2, 0.25) is 0 Å². The second kappa shape index (κ2) is 9.18. The standard InChI is InChI=1S/C25H30N4O3/c1-2-3-6-14-28(25(30)18-11-12-21-22(15-18)32-17-31-21)16-23-27-20-10-7-13-26-24(20)29(23)19-8-4-5-9-19/h7,10-13,15,19H,2-6,8-9,14,16-17H2,1H3. The van der Waals surface area contributed by atoms with Gasteiger partial charge in [0.25, 0.3) is 5.91 Å². The lowest BCUT2D eigenvalue weighted by atomic mass is 10.1. The number of ether oxygens (including phenoxy) is 2. The summed E-state index contributed by atoms with van der Waals surface area (Å²) in [7, 11) is 0. The van der Waals surface area contributed by atoms with Crippen LogP contribution in [-0.2, 0) is 6.54 Å². The Morgan fingerprint density at radius 1 is 1.16 bits per heavy atom. The quantitative estimate of drug-likeness (QED) is 0.461. The normalized spacial score (nSPS) is 15.5. The van der Waals surface area contributed by atoms with E-state index in [0.29, 0.717) is 36.2 Å². The highest BCUT2D eigenvalue weighted by molar-refractivity contribution is 5.95. The summed E-state index contributed by atoms with van der Waals surface area (Å²) in [6, 6.07) is 9.77. The summed E-state index contributed by atoms with van der Waals surface area (Å²) in [6.07, 6.45) is 9.73. The average Bonchev–Trinajstić information content (AvgIpc) is 3.56. The Labute approximate surface area is 188 Å². The van der Waals surface area contributed by atoms with E-state index in [-0.39, 0.29) is 12.7 Å². The Balaban J connectivity index is 1.47. The lowest BCUT2D eigenvalue weighted by molar-refractivity contribution is 0.0732.